The van der Waals surface area contributed by atoms with E-state index in [1.165, 1.54) is 0 Å². The average molecular weight is 491 g/mol. The normalized spacial score (nSPS) is 11.7. The zero-order valence-corrected chi connectivity index (χ0v) is 18.8. The highest BCUT2D eigenvalue weighted by atomic mass is 35.5. The second-order valence-corrected chi connectivity index (χ2v) is 7.81. The van der Waals surface area contributed by atoms with Crippen molar-refractivity contribution in [3.63, 3.8) is 0 Å². The quantitative estimate of drug-likeness (QED) is 0.290. The Kier molecular flexibility index (Phi) is 7.88. The zero-order chi connectivity index (χ0) is 24.4. The summed E-state index contributed by atoms with van der Waals surface area (Å²) >= 11 is 11.0. The molecule has 0 aliphatic rings. The highest BCUT2D eigenvalue weighted by Crippen LogP contribution is 2.29. The van der Waals surface area contributed by atoms with Crippen LogP contribution in [0, 0.1) is 22.9 Å². The van der Waals surface area contributed by atoms with E-state index in [1.54, 1.807) is 4.90 Å². The number of amides is 1. The van der Waals surface area contributed by atoms with E-state index in [4.69, 9.17) is 30.2 Å². The molecular weight excluding hydrogens is 472 g/mol. The topological polar surface area (TPSA) is 59.3 Å². The Balaban J connectivity index is 2.54. The lowest BCUT2D eigenvalue weighted by Gasteiger charge is -2.24. The highest BCUT2D eigenvalue weighted by Gasteiger charge is 2.34. The van der Waals surface area contributed by atoms with Gasteiger partial charge < -0.3 is 9.88 Å². The van der Waals surface area contributed by atoms with E-state index in [9.17, 15) is 27.2 Å². The van der Waals surface area contributed by atoms with Crippen molar-refractivity contribution in [2.45, 2.75) is 26.1 Å². The Labute approximate surface area is 191 Å². The number of carbonyl (C=O) groups excluding carboxylic acids is 1. The molecule has 0 radical (unpaired) electrons. The molecule has 0 spiro atoms. The summed E-state index contributed by atoms with van der Waals surface area (Å²) in [6.45, 7) is 4.06. The Bertz CT molecular complexity index is 1200. The summed E-state index contributed by atoms with van der Waals surface area (Å²) in [5, 5.41) is 2.33. The summed E-state index contributed by atoms with van der Waals surface area (Å²) in [5.41, 5.74) is -3.22. The van der Waals surface area contributed by atoms with Gasteiger partial charge in [0.15, 0.2) is 4.77 Å². The molecule has 12 heteroatoms. The van der Waals surface area contributed by atoms with E-state index >= 15 is 0 Å². The maximum atomic E-state index is 14.6. The molecule has 0 saturated carbocycles. The Morgan fingerprint density at radius 2 is 1.97 bits per heavy atom. The van der Waals surface area contributed by atoms with Gasteiger partial charge in [-0.2, -0.15) is 13.2 Å². The fourth-order valence-corrected chi connectivity index (χ4v) is 3.33. The van der Waals surface area contributed by atoms with Gasteiger partial charge in [-0.05, 0) is 38.2 Å². The van der Waals surface area contributed by atoms with Crippen molar-refractivity contribution in [1.82, 2.24) is 19.4 Å². The molecule has 2 rings (SSSR count). The van der Waals surface area contributed by atoms with Crippen molar-refractivity contribution in [3.8, 4) is 18.0 Å². The summed E-state index contributed by atoms with van der Waals surface area (Å²) in [5.74, 6) is 0.716. The first-order valence-electron chi connectivity index (χ1n) is 9.15. The lowest BCUT2D eigenvalue weighted by Crippen LogP contribution is -2.41. The van der Waals surface area contributed by atoms with E-state index in [0.717, 1.165) is 19.2 Å². The van der Waals surface area contributed by atoms with E-state index in [1.807, 2.05) is 13.8 Å². The van der Waals surface area contributed by atoms with Crippen molar-refractivity contribution in [2.24, 2.45) is 7.05 Å². The molecule has 1 amide bonds. The molecule has 2 aromatic rings. The van der Waals surface area contributed by atoms with Gasteiger partial charge in [0, 0.05) is 19.2 Å². The highest BCUT2D eigenvalue weighted by molar-refractivity contribution is 7.71. The lowest BCUT2D eigenvalue weighted by atomic mass is 10.1. The number of benzene rings is 1. The first-order valence-corrected chi connectivity index (χ1v) is 9.93. The molecule has 0 bridgehead atoms. The predicted molar refractivity (Wildman–Crippen MR) is 115 cm³/mol. The first kappa shape index (κ1) is 25.6. The summed E-state index contributed by atoms with van der Waals surface area (Å²) < 4.78 is 54.5. The van der Waals surface area contributed by atoms with Gasteiger partial charge in [-0.1, -0.05) is 17.5 Å². The third-order valence-electron chi connectivity index (χ3n) is 4.60. The molecule has 0 saturated heterocycles. The van der Waals surface area contributed by atoms with Gasteiger partial charge in [0.2, 0.25) is 0 Å². The smallest absolute Gasteiger partial charge is 0.339 e. The first-order chi connectivity index (χ1) is 14.8. The fraction of sp³-hybridized carbons (Fsp3) is 0.350. The number of terminal acetylenes is 1. The van der Waals surface area contributed by atoms with Gasteiger partial charge in [0.25, 0.3) is 11.5 Å². The minimum Gasteiger partial charge on any atom is -0.339 e. The number of hydrogen-bond donors (Lipinski definition) is 1. The number of rotatable bonds is 6. The van der Waals surface area contributed by atoms with Crippen LogP contribution in [0.5, 0.6) is 0 Å². The standard InChI is InChI=1S/C20H19ClF4N4O2S/c1-5-6-28(11(2)3)10-26-18(31)12-7-15(14(22)8-13(12)21)29-17(30)9-16(20(23,24)25)27(4)19(29)32/h1,7-9,11H,6,10H2,2-4H3,(H,26,31). The van der Waals surface area contributed by atoms with E-state index in [2.05, 4.69) is 11.2 Å². The number of aromatic nitrogens is 2. The summed E-state index contributed by atoms with van der Waals surface area (Å²) in [6.07, 6.45) is 0.463. The summed E-state index contributed by atoms with van der Waals surface area (Å²) in [4.78, 5) is 26.8. The summed E-state index contributed by atoms with van der Waals surface area (Å²) in [7, 11) is 0.995. The predicted octanol–water partition coefficient (Wildman–Crippen LogP) is 3.75. The third kappa shape index (κ3) is 5.38. The minimum absolute atomic E-state index is 0.0131. The molecule has 1 aromatic heterocycles. The Hall–Kier alpha value is -2.68. The molecule has 1 heterocycles. The number of carbonyl (C=O) groups is 1. The van der Waals surface area contributed by atoms with Crippen LogP contribution in [0.2, 0.25) is 5.02 Å². The van der Waals surface area contributed by atoms with Gasteiger partial charge in [0.05, 0.1) is 29.5 Å². The Morgan fingerprint density at radius 3 is 2.50 bits per heavy atom. The number of hydrogen-bond acceptors (Lipinski definition) is 4. The van der Waals surface area contributed by atoms with Crippen molar-refractivity contribution in [2.75, 3.05) is 13.2 Å². The maximum absolute atomic E-state index is 14.6. The second kappa shape index (κ2) is 9.85. The van der Waals surface area contributed by atoms with Crippen LogP contribution < -0.4 is 10.9 Å². The number of nitrogens with zero attached hydrogens (tertiary/aromatic N) is 3. The maximum Gasteiger partial charge on any atom is 0.431 e. The molecule has 1 N–H and O–H groups in total. The van der Waals surface area contributed by atoms with Crippen LogP contribution >= 0.6 is 23.8 Å². The number of nitrogens with one attached hydrogen (secondary N) is 1. The largest absolute Gasteiger partial charge is 0.431 e. The van der Waals surface area contributed by atoms with Crippen molar-refractivity contribution in [1.29, 1.82) is 0 Å². The SMILES string of the molecule is C#CCN(CNC(=O)c1cc(-n2c(=O)cc(C(F)(F)F)n(C)c2=S)c(F)cc1Cl)C(C)C. The van der Waals surface area contributed by atoms with Crippen molar-refractivity contribution in [3.05, 3.63) is 55.4 Å². The molecule has 1 aromatic carbocycles. The van der Waals surface area contributed by atoms with E-state index < -0.39 is 39.6 Å². The van der Waals surface area contributed by atoms with Crippen LogP contribution in [0.15, 0.2) is 23.0 Å². The molecular formula is C20H19ClF4N4O2S. The number of halogens is 5. The van der Waals surface area contributed by atoms with Gasteiger partial charge >= 0.3 is 6.18 Å². The molecule has 6 nitrogen and oxygen atoms in total. The minimum atomic E-state index is -4.84. The monoisotopic (exact) mass is 490 g/mol. The molecule has 32 heavy (non-hydrogen) atoms. The van der Waals surface area contributed by atoms with Crippen LogP contribution in [0.4, 0.5) is 17.6 Å². The van der Waals surface area contributed by atoms with Crippen LogP contribution in [0.3, 0.4) is 0 Å². The zero-order valence-electron chi connectivity index (χ0n) is 17.3. The third-order valence-corrected chi connectivity index (χ3v) is 5.37. The van der Waals surface area contributed by atoms with E-state index in [0.29, 0.717) is 15.2 Å². The van der Waals surface area contributed by atoms with Crippen molar-refractivity contribution >= 4 is 29.7 Å². The van der Waals surface area contributed by atoms with Crippen LogP contribution in [0.25, 0.3) is 5.69 Å². The summed E-state index contributed by atoms with van der Waals surface area (Å²) in [6, 6.07) is 2.05. The molecule has 0 aliphatic heterocycles. The molecule has 0 unspecified atom stereocenters. The van der Waals surface area contributed by atoms with Crippen LogP contribution in [-0.2, 0) is 13.2 Å². The molecule has 172 valence electrons. The molecule has 0 aliphatic carbocycles. The van der Waals surface area contributed by atoms with Crippen LogP contribution in [0.1, 0.15) is 29.9 Å². The average Bonchev–Trinajstić information content (AvgIpc) is 2.68. The fourth-order valence-electron chi connectivity index (χ4n) is 2.81. The van der Waals surface area contributed by atoms with Crippen LogP contribution in [-0.4, -0.2) is 39.2 Å². The van der Waals surface area contributed by atoms with Crippen molar-refractivity contribution < 1.29 is 22.4 Å². The second-order valence-electron chi connectivity index (χ2n) is 7.03. The van der Waals surface area contributed by atoms with Gasteiger partial charge in [-0.3, -0.25) is 19.1 Å². The van der Waals surface area contributed by atoms with Gasteiger partial charge in [0.1, 0.15) is 11.5 Å². The van der Waals surface area contributed by atoms with Gasteiger partial charge in [-0.15, -0.1) is 6.42 Å². The van der Waals surface area contributed by atoms with Gasteiger partial charge in [-0.25, -0.2) is 4.39 Å². The van der Waals surface area contributed by atoms with E-state index in [-0.39, 0.29) is 29.8 Å². The molecule has 0 fully saturated rings. The lowest BCUT2D eigenvalue weighted by molar-refractivity contribution is -0.143. The Morgan fingerprint density at radius 1 is 1.34 bits per heavy atom. The number of alkyl halides is 3. The molecule has 0 atom stereocenters.